The van der Waals surface area contributed by atoms with Gasteiger partial charge >= 0.3 is 0 Å². The number of aromatic nitrogens is 4. The first-order valence-electron chi connectivity index (χ1n) is 11.3. The summed E-state index contributed by atoms with van der Waals surface area (Å²) in [5.74, 6) is 0.111. The van der Waals surface area contributed by atoms with Crippen LogP contribution in [-0.2, 0) is 0 Å². The molecule has 0 saturated carbocycles. The topological polar surface area (TPSA) is 106 Å². The van der Waals surface area contributed by atoms with Gasteiger partial charge in [0.15, 0.2) is 24.0 Å². The van der Waals surface area contributed by atoms with Crippen molar-refractivity contribution in [3.8, 4) is 22.5 Å². The minimum atomic E-state index is -0.372. The minimum absolute atomic E-state index is 0.211. The van der Waals surface area contributed by atoms with Crippen molar-refractivity contribution in [2.75, 3.05) is 5.32 Å². The lowest BCUT2D eigenvalue weighted by atomic mass is 9.92. The predicted molar refractivity (Wildman–Crippen MR) is 141 cm³/mol. The van der Waals surface area contributed by atoms with E-state index in [-0.39, 0.29) is 11.6 Å². The lowest BCUT2D eigenvalue weighted by Crippen LogP contribution is -2.14. The predicted octanol–water partition coefficient (Wildman–Crippen LogP) is 5.61. The van der Waals surface area contributed by atoms with Gasteiger partial charge in [0.25, 0.3) is 5.91 Å². The smallest absolute Gasteiger partial charge is 0.274 e. The van der Waals surface area contributed by atoms with Gasteiger partial charge in [0.2, 0.25) is 0 Å². The number of nitrogens with zero attached hydrogens (tertiary/aromatic N) is 4. The van der Waals surface area contributed by atoms with E-state index in [2.05, 4.69) is 20.4 Å². The Labute approximate surface area is 217 Å². The van der Waals surface area contributed by atoms with Crippen molar-refractivity contribution in [2.24, 2.45) is 0 Å². The highest BCUT2D eigenvalue weighted by Crippen LogP contribution is 2.35. The fraction of sp³-hybridized carbons (Fsp3) is 0.0714. The minimum Gasteiger partial charge on any atom is -0.320 e. The van der Waals surface area contributed by atoms with E-state index in [0.717, 1.165) is 27.8 Å². The van der Waals surface area contributed by atoms with E-state index in [4.69, 9.17) is 11.6 Å². The Morgan fingerprint density at radius 2 is 1.62 bits per heavy atom. The van der Waals surface area contributed by atoms with E-state index in [1.807, 2.05) is 50.2 Å². The van der Waals surface area contributed by atoms with E-state index >= 15 is 0 Å². The zero-order valence-electron chi connectivity index (χ0n) is 19.9. The van der Waals surface area contributed by atoms with Crippen molar-refractivity contribution in [2.45, 2.75) is 13.8 Å². The van der Waals surface area contributed by atoms with Crippen LogP contribution in [-0.4, -0.2) is 38.1 Å². The van der Waals surface area contributed by atoms with Crippen LogP contribution >= 0.6 is 11.6 Å². The van der Waals surface area contributed by atoms with Crippen LogP contribution in [0.3, 0.4) is 0 Å². The largest absolute Gasteiger partial charge is 0.320 e. The molecule has 5 rings (SSSR count). The van der Waals surface area contributed by atoms with E-state index in [1.54, 1.807) is 18.3 Å². The van der Waals surface area contributed by atoms with E-state index in [0.29, 0.717) is 45.9 Å². The number of benzene rings is 2. The molecule has 1 amide bonds. The third-order valence-electron chi connectivity index (χ3n) is 6.15. The van der Waals surface area contributed by atoms with Crippen molar-refractivity contribution in [1.29, 1.82) is 0 Å². The number of aldehydes is 2. The fourth-order valence-corrected chi connectivity index (χ4v) is 4.43. The summed E-state index contributed by atoms with van der Waals surface area (Å²) in [7, 11) is 0. The van der Waals surface area contributed by atoms with Crippen LogP contribution in [0.15, 0.2) is 67.0 Å². The molecule has 0 bridgehead atoms. The zero-order valence-corrected chi connectivity index (χ0v) is 20.7. The molecule has 3 aromatic heterocycles. The SMILES string of the molecule is Cc1c(NC(=O)c2ccc(C=O)cn2)cccc1-c1cccc(-c2nc3c(Cl)cc(C=O)cn3n2)c1C. The maximum absolute atomic E-state index is 12.8. The zero-order chi connectivity index (χ0) is 26.1. The third-order valence-corrected chi connectivity index (χ3v) is 6.43. The summed E-state index contributed by atoms with van der Waals surface area (Å²) < 4.78 is 1.50. The Bertz CT molecular complexity index is 1690. The number of rotatable bonds is 6. The van der Waals surface area contributed by atoms with Gasteiger partial charge in [-0.1, -0.05) is 41.9 Å². The van der Waals surface area contributed by atoms with Crippen molar-refractivity contribution in [1.82, 2.24) is 19.6 Å². The highest BCUT2D eigenvalue weighted by Gasteiger charge is 2.17. The normalized spacial score (nSPS) is 10.9. The highest BCUT2D eigenvalue weighted by atomic mass is 35.5. The number of carbonyl (C=O) groups excluding carboxylic acids is 3. The Morgan fingerprint density at radius 1 is 0.919 bits per heavy atom. The second-order valence-corrected chi connectivity index (χ2v) is 8.86. The molecule has 2 aromatic carbocycles. The first-order chi connectivity index (χ1) is 17.9. The average molecular weight is 510 g/mol. The fourth-order valence-electron chi connectivity index (χ4n) is 4.17. The number of fused-ring (bicyclic) bond motifs is 1. The van der Waals surface area contributed by atoms with Crippen LogP contribution in [0.2, 0.25) is 5.02 Å². The second-order valence-electron chi connectivity index (χ2n) is 8.45. The summed E-state index contributed by atoms with van der Waals surface area (Å²) in [5, 5.41) is 7.80. The van der Waals surface area contributed by atoms with Gasteiger partial charge in [0.05, 0.1) is 5.02 Å². The lowest BCUT2D eigenvalue weighted by molar-refractivity contribution is 0.102. The number of nitrogens with one attached hydrogen (secondary N) is 1. The first-order valence-corrected chi connectivity index (χ1v) is 11.7. The number of halogens is 1. The molecule has 0 unspecified atom stereocenters. The Balaban J connectivity index is 1.51. The van der Waals surface area contributed by atoms with E-state index in [1.165, 1.54) is 16.8 Å². The standard InChI is InChI=1S/C28H20ClN5O3/c1-16-20(5-3-7-22(16)26-32-27-23(29)11-19(15-36)13-34(27)33-26)21-6-4-8-24(17(21)2)31-28(37)25-10-9-18(14-35)12-30-25/h3-15H,1-2H3,(H,31,37). The van der Waals surface area contributed by atoms with Crippen LogP contribution in [0.25, 0.3) is 28.2 Å². The van der Waals surface area contributed by atoms with Crippen molar-refractivity contribution < 1.29 is 14.4 Å². The second kappa shape index (κ2) is 9.75. The number of hydrogen-bond donors (Lipinski definition) is 1. The monoisotopic (exact) mass is 509 g/mol. The van der Waals surface area contributed by atoms with Gasteiger partial charge in [-0.15, -0.1) is 5.10 Å². The molecule has 0 spiro atoms. The van der Waals surface area contributed by atoms with Crippen molar-refractivity contribution in [3.63, 3.8) is 0 Å². The Morgan fingerprint density at radius 3 is 2.32 bits per heavy atom. The van der Waals surface area contributed by atoms with E-state index in [9.17, 15) is 14.4 Å². The van der Waals surface area contributed by atoms with Crippen LogP contribution in [0.4, 0.5) is 5.69 Å². The van der Waals surface area contributed by atoms with Gasteiger partial charge in [0.1, 0.15) is 5.69 Å². The highest BCUT2D eigenvalue weighted by molar-refractivity contribution is 6.33. The molecule has 0 saturated heterocycles. The molecular weight excluding hydrogens is 490 g/mol. The summed E-state index contributed by atoms with van der Waals surface area (Å²) in [6, 6.07) is 16.1. The van der Waals surface area contributed by atoms with Crippen molar-refractivity contribution in [3.05, 3.63) is 100.0 Å². The van der Waals surface area contributed by atoms with Gasteiger partial charge in [-0.05, 0) is 60.4 Å². The van der Waals surface area contributed by atoms with Crippen LogP contribution in [0.1, 0.15) is 42.3 Å². The lowest BCUT2D eigenvalue weighted by Gasteiger charge is -2.15. The molecule has 0 aliphatic heterocycles. The van der Waals surface area contributed by atoms with Crippen LogP contribution < -0.4 is 5.32 Å². The molecule has 0 fully saturated rings. The maximum atomic E-state index is 12.8. The Kier molecular flexibility index (Phi) is 6.33. The summed E-state index contributed by atoms with van der Waals surface area (Å²) in [6.07, 6.45) is 4.34. The van der Waals surface area contributed by atoms with E-state index < -0.39 is 0 Å². The van der Waals surface area contributed by atoms with Gasteiger partial charge in [-0.2, -0.15) is 0 Å². The third kappa shape index (κ3) is 4.50. The summed E-state index contributed by atoms with van der Waals surface area (Å²) >= 11 is 6.31. The number of anilines is 1. The molecule has 9 heteroatoms. The van der Waals surface area contributed by atoms with Gasteiger partial charge < -0.3 is 5.32 Å². The first kappa shape index (κ1) is 24.0. The molecule has 5 aromatic rings. The molecule has 0 atom stereocenters. The maximum Gasteiger partial charge on any atom is 0.274 e. The van der Waals surface area contributed by atoms with Gasteiger partial charge in [-0.25, -0.2) is 9.50 Å². The molecule has 0 aliphatic carbocycles. The number of hydrogen-bond acceptors (Lipinski definition) is 6. The molecule has 0 aliphatic rings. The molecule has 182 valence electrons. The van der Waals surface area contributed by atoms with Crippen LogP contribution in [0, 0.1) is 13.8 Å². The molecule has 8 nitrogen and oxygen atoms in total. The van der Waals surface area contributed by atoms with Crippen LogP contribution in [0.5, 0.6) is 0 Å². The molecule has 3 heterocycles. The number of pyridine rings is 2. The quantitative estimate of drug-likeness (QED) is 0.298. The Hall–Kier alpha value is -4.69. The summed E-state index contributed by atoms with van der Waals surface area (Å²) in [4.78, 5) is 43.5. The molecule has 0 radical (unpaired) electrons. The van der Waals surface area contributed by atoms with Crippen molar-refractivity contribution >= 4 is 41.4 Å². The summed E-state index contributed by atoms with van der Waals surface area (Å²) in [5.41, 5.74) is 6.66. The molecular formula is C28H20ClN5O3. The van der Waals surface area contributed by atoms with Gasteiger partial charge in [0, 0.05) is 34.8 Å². The number of carbonyl (C=O) groups is 3. The number of amides is 1. The molecule has 1 N–H and O–H groups in total. The van der Waals surface area contributed by atoms with Gasteiger partial charge in [-0.3, -0.25) is 19.4 Å². The summed E-state index contributed by atoms with van der Waals surface area (Å²) in [6.45, 7) is 3.92. The molecule has 37 heavy (non-hydrogen) atoms. The average Bonchev–Trinajstić information content (AvgIpc) is 3.35.